The second kappa shape index (κ2) is 8.75. The van der Waals surface area contributed by atoms with Gasteiger partial charge in [-0.05, 0) is 12.8 Å². The SMILES string of the molecule is CC(CCC(=O)O)SSC(C)CCC(=O)O. The summed E-state index contributed by atoms with van der Waals surface area (Å²) in [5.74, 6) is -1.53. The Labute approximate surface area is 104 Å². The van der Waals surface area contributed by atoms with E-state index in [9.17, 15) is 9.59 Å². The van der Waals surface area contributed by atoms with Crippen molar-refractivity contribution in [3.8, 4) is 0 Å². The molecule has 0 radical (unpaired) electrons. The van der Waals surface area contributed by atoms with E-state index in [1.54, 1.807) is 21.6 Å². The summed E-state index contributed by atoms with van der Waals surface area (Å²) in [7, 11) is 3.28. The lowest BCUT2D eigenvalue weighted by atomic mass is 10.2. The Kier molecular flexibility index (Phi) is 8.56. The predicted molar refractivity (Wildman–Crippen MR) is 67.8 cm³/mol. The minimum atomic E-state index is -0.767. The molecule has 0 aliphatic rings. The van der Waals surface area contributed by atoms with Crippen LogP contribution in [0, 0.1) is 0 Å². The van der Waals surface area contributed by atoms with Gasteiger partial charge in [-0.3, -0.25) is 9.59 Å². The van der Waals surface area contributed by atoms with E-state index in [2.05, 4.69) is 0 Å². The van der Waals surface area contributed by atoms with E-state index in [0.717, 1.165) is 0 Å². The van der Waals surface area contributed by atoms with E-state index < -0.39 is 11.9 Å². The van der Waals surface area contributed by atoms with E-state index in [1.165, 1.54) is 0 Å². The number of carbonyl (C=O) groups is 2. The summed E-state index contributed by atoms with van der Waals surface area (Å²) in [6, 6.07) is 0. The van der Waals surface area contributed by atoms with Crippen LogP contribution in [0.2, 0.25) is 0 Å². The quantitative estimate of drug-likeness (QED) is 0.625. The van der Waals surface area contributed by atoms with Crippen molar-refractivity contribution < 1.29 is 19.8 Å². The first-order valence-electron chi connectivity index (χ1n) is 5.17. The predicted octanol–water partition coefficient (Wildman–Crippen LogP) is 2.87. The van der Waals surface area contributed by atoms with Crippen LogP contribution in [0.25, 0.3) is 0 Å². The van der Waals surface area contributed by atoms with Crippen molar-refractivity contribution in [2.24, 2.45) is 0 Å². The second-order valence-corrected chi connectivity index (χ2v) is 6.83. The number of carboxylic acids is 2. The molecule has 0 aliphatic heterocycles. The number of aliphatic carboxylic acids is 2. The zero-order chi connectivity index (χ0) is 12.6. The van der Waals surface area contributed by atoms with Crippen LogP contribution in [0.1, 0.15) is 39.5 Å². The van der Waals surface area contributed by atoms with Crippen LogP contribution in [0.4, 0.5) is 0 Å². The summed E-state index contributed by atoms with van der Waals surface area (Å²) >= 11 is 0. The van der Waals surface area contributed by atoms with Crippen LogP contribution in [0.15, 0.2) is 0 Å². The first-order valence-corrected chi connectivity index (χ1v) is 7.45. The minimum absolute atomic E-state index is 0.193. The Morgan fingerprint density at radius 2 is 1.25 bits per heavy atom. The van der Waals surface area contributed by atoms with Crippen LogP contribution < -0.4 is 0 Å². The van der Waals surface area contributed by atoms with E-state index in [-0.39, 0.29) is 23.3 Å². The molecule has 0 aromatic carbocycles. The third-order valence-electron chi connectivity index (χ3n) is 1.91. The number of hydrogen-bond acceptors (Lipinski definition) is 4. The average molecular weight is 266 g/mol. The van der Waals surface area contributed by atoms with E-state index >= 15 is 0 Å². The molecular weight excluding hydrogens is 248 g/mol. The van der Waals surface area contributed by atoms with Crippen LogP contribution in [0.5, 0.6) is 0 Å². The molecule has 0 rings (SSSR count). The summed E-state index contributed by atoms with van der Waals surface area (Å²) in [6.07, 6.45) is 1.69. The van der Waals surface area contributed by atoms with Crippen molar-refractivity contribution in [1.82, 2.24) is 0 Å². The lowest BCUT2D eigenvalue weighted by Crippen LogP contribution is -2.04. The van der Waals surface area contributed by atoms with Gasteiger partial charge in [-0.1, -0.05) is 35.4 Å². The Bertz CT molecular complexity index is 209. The van der Waals surface area contributed by atoms with Gasteiger partial charge < -0.3 is 10.2 Å². The standard InChI is InChI=1S/C10H18O4S2/c1-7(3-5-9(11)12)15-16-8(2)4-6-10(13)14/h7-8H,3-6H2,1-2H3,(H,11,12)(H,13,14). The zero-order valence-corrected chi connectivity index (χ0v) is 11.1. The van der Waals surface area contributed by atoms with Gasteiger partial charge in [0.15, 0.2) is 0 Å². The molecule has 0 aliphatic carbocycles. The van der Waals surface area contributed by atoms with Crippen molar-refractivity contribution in [3.05, 3.63) is 0 Å². The fourth-order valence-corrected chi connectivity index (χ4v) is 3.46. The van der Waals surface area contributed by atoms with Crippen molar-refractivity contribution in [2.75, 3.05) is 0 Å². The summed E-state index contributed by atoms with van der Waals surface area (Å²) in [6.45, 7) is 3.98. The first-order chi connectivity index (χ1) is 7.41. The zero-order valence-electron chi connectivity index (χ0n) is 9.51. The minimum Gasteiger partial charge on any atom is -0.481 e. The van der Waals surface area contributed by atoms with Gasteiger partial charge in [0.05, 0.1) is 0 Å². The summed E-state index contributed by atoms with van der Waals surface area (Å²) in [5, 5.41) is 17.6. The molecule has 2 unspecified atom stereocenters. The fourth-order valence-electron chi connectivity index (χ4n) is 0.939. The lowest BCUT2D eigenvalue weighted by molar-refractivity contribution is -0.138. The van der Waals surface area contributed by atoms with Crippen molar-refractivity contribution in [1.29, 1.82) is 0 Å². The molecule has 16 heavy (non-hydrogen) atoms. The Morgan fingerprint density at radius 3 is 1.50 bits per heavy atom. The molecule has 4 nitrogen and oxygen atoms in total. The molecule has 0 bridgehead atoms. The topological polar surface area (TPSA) is 74.6 Å². The Balaban J connectivity index is 3.54. The molecular formula is C10H18O4S2. The van der Waals surface area contributed by atoms with Gasteiger partial charge in [0.2, 0.25) is 0 Å². The van der Waals surface area contributed by atoms with Gasteiger partial charge in [0.25, 0.3) is 0 Å². The smallest absolute Gasteiger partial charge is 0.303 e. The monoisotopic (exact) mass is 266 g/mol. The molecule has 0 spiro atoms. The van der Waals surface area contributed by atoms with Crippen LogP contribution in [0.3, 0.4) is 0 Å². The van der Waals surface area contributed by atoms with E-state index in [4.69, 9.17) is 10.2 Å². The van der Waals surface area contributed by atoms with Gasteiger partial charge >= 0.3 is 11.9 Å². The summed E-state index contributed by atoms with van der Waals surface area (Å²) in [4.78, 5) is 20.7. The third kappa shape index (κ3) is 10.2. The Morgan fingerprint density at radius 1 is 0.938 bits per heavy atom. The summed E-state index contributed by atoms with van der Waals surface area (Å²) < 4.78 is 0. The van der Waals surface area contributed by atoms with Crippen LogP contribution in [-0.4, -0.2) is 32.7 Å². The largest absolute Gasteiger partial charge is 0.481 e. The van der Waals surface area contributed by atoms with Crippen LogP contribution >= 0.6 is 21.6 Å². The van der Waals surface area contributed by atoms with Gasteiger partial charge in [0, 0.05) is 23.3 Å². The molecule has 94 valence electrons. The molecule has 0 fully saturated rings. The maximum absolute atomic E-state index is 10.3. The Hall–Kier alpha value is -0.360. The maximum atomic E-state index is 10.3. The molecule has 6 heteroatoms. The molecule has 0 aromatic rings. The molecule has 2 atom stereocenters. The third-order valence-corrected chi connectivity index (χ3v) is 5.46. The van der Waals surface area contributed by atoms with E-state index in [1.807, 2.05) is 13.8 Å². The number of rotatable bonds is 9. The number of hydrogen-bond donors (Lipinski definition) is 2. The molecule has 2 N–H and O–H groups in total. The highest BCUT2D eigenvalue weighted by Gasteiger charge is 2.10. The highest BCUT2D eigenvalue weighted by atomic mass is 33.1. The maximum Gasteiger partial charge on any atom is 0.303 e. The second-order valence-electron chi connectivity index (χ2n) is 3.68. The van der Waals surface area contributed by atoms with Crippen LogP contribution in [-0.2, 0) is 9.59 Å². The molecule has 0 amide bonds. The lowest BCUT2D eigenvalue weighted by Gasteiger charge is -2.13. The van der Waals surface area contributed by atoms with E-state index in [0.29, 0.717) is 12.8 Å². The molecule has 0 aromatic heterocycles. The van der Waals surface area contributed by atoms with Crippen molar-refractivity contribution in [2.45, 2.75) is 50.0 Å². The van der Waals surface area contributed by atoms with Gasteiger partial charge in [-0.15, -0.1) is 0 Å². The number of carboxylic acid groups (broad SMARTS) is 2. The highest BCUT2D eigenvalue weighted by molar-refractivity contribution is 8.77. The summed E-state index contributed by atoms with van der Waals surface area (Å²) in [5.41, 5.74) is 0. The van der Waals surface area contributed by atoms with Gasteiger partial charge in [0.1, 0.15) is 0 Å². The first kappa shape index (κ1) is 15.6. The average Bonchev–Trinajstić information content (AvgIpc) is 2.20. The van der Waals surface area contributed by atoms with Gasteiger partial charge in [-0.2, -0.15) is 0 Å². The van der Waals surface area contributed by atoms with Gasteiger partial charge in [-0.25, -0.2) is 0 Å². The van der Waals surface area contributed by atoms with Crippen molar-refractivity contribution >= 4 is 33.5 Å². The highest BCUT2D eigenvalue weighted by Crippen LogP contribution is 2.34. The molecule has 0 saturated heterocycles. The fraction of sp³-hybridized carbons (Fsp3) is 0.800. The molecule has 0 saturated carbocycles. The molecule has 0 heterocycles. The normalized spacial score (nSPS) is 14.4. The van der Waals surface area contributed by atoms with Crippen molar-refractivity contribution in [3.63, 3.8) is 0 Å².